The minimum atomic E-state index is -4.57. The van der Waals surface area contributed by atoms with Gasteiger partial charge in [0.05, 0.1) is 11.4 Å². The van der Waals surface area contributed by atoms with Crippen LogP contribution in [0.3, 0.4) is 0 Å². The van der Waals surface area contributed by atoms with Gasteiger partial charge >= 0.3 is 0 Å². The summed E-state index contributed by atoms with van der Waals surface area (Å²) in [6.07, 6.45) is 0. The van der Waals surface area contributed by atoms with Crippen LogP contribution in [0.2, 0.25) is 0 Å². The predicted molar refractivity (Wildman–Crippen MR) is 122 cm³/mol. The summed E-state index contributed by atoms with van der Waals surface area (Å²) in [7, 11) is -4.57. The molecule has 4 aromatic rings. The van der Waals surface area contributed by atoms with Crippen LogP contribution >= 0.6 is 22.6 Å². The van der Waals surface area contributed by atoms with Gasteiger partial charge in [-0.3, -0.25) is 4.55 Å². The third-order valence-corrected chi connectivity index (χ3v) is 6.18. The summed E-state index contributed by atoms with van der Waals surface area (Å²) in [4.78, 5) is -0.440. The number of hydrogen-bond donors (Lipinski definition) is 3. The second-order valence-corrected chi connectivity index (χ2v) is 9.24. The zero-order valence-corrected chi connectivity index (χ0v) is 18.9. The van der Waals surface area contributed by atoms with E-state index in [1.807, 2.05) is 12.1 Å². The molecule has 4 rings (SSSR count). The fourth-order valence-electron chi connectivity index (χ4n) is 3.12. The summed E-state index contributed by atoms with van der Waals surface area (Å²) in [5, 5.41) is 33.8. The quantitative estimate of drug-likeness (QED) is 0.186. The van der Waals surface area contributed by atoms with E-state index in [4.69, 9.17) is 0 Å². The minimum absolute atomic E-state index is 0.0104. The smallest absolute Gasteiger partial charge is 0.295 e. The average Bonchev–Trinajstić information content (AvgIpc) is 3.00. The second-order valence-electron chi connectivity index (χ2n) is 6.61. The van der Waals surface area contributed by atoms with Crippen molar-refractivity contribution in [3.8, 4) is 17.3 Å². The number of benzene rings is 3. The molecule has 0 aliphatic heterocycles. The number of nitrogens with zero attached hydrogens (tertiary/aromatic N) is 4. The molecule has 0 fully saturated rings. The fourth-order valence-corrected chi connectivity index (χ4v) is 4.19. The van der Waals surface area contributed by atoms with Crippen molar-refractivity contribution >= 4 is 54.9 Å². The SMILES string of the molecule is Cc1nn(-c2ccc(I)cc2)c(O)c1/N=N/c1c(O)cc(S(=O)(=O)O)c2ccccc12. The first-order chi connectivity index (χ1) is 14.7. The topological polar surface area (TPSA) is 137 Å². The van der Waals surface area contributed by atoms with Crippen LogP contribution in [-0.4, -0.2) is 33.0 Å². The Labute approximate surface area is 190 Å². The maximum Gasteiger partial charge on any atom is 0.295 e. The Balaban J connectivity index is 1.83. The summed E-state index contributed by atoms with van der Waals surface area (Å²) >= 11 is 2.17. The van der Waals surface area contributed by atoms with Gasteiger partial charge in [0.1, 0.15) is 16.3 Å². The van der Waals surface area contributed by atoms with Crippen molar-refractivity contribution < 1.29 is 23.2 Å². The molecule has 0 saturated heterocycles. The molecule has 31 heavy (non-hydrogen) atoms. The number of fused-ring (bicyclic) bond motifs is 1. The summed E-state index contributed by atoms with van der Waals surface area (Å²) in [5.41, 5.74) is 1.12. The molecule has 1 heterocycles. The molecule has 9 nitrogen and oxygen atoms in total. The molecule has 0 amide bonds. The van der Waals surface area contributed by atoms with E-state index in [0.717, 1.165) is 9.64 Å². The molecule has 0 aliphatic rings. The van der Waals surface area contributed by atoms with Gasteiger partial charge in [0.2, 0.25) is 5.88 Å². The van der Waals surface area contributed by atoms with Crippen LogP contribution in [0, 0.1) is 10.5 Å². The van der Waals surface area contributed by atoms with Crippen molar-refractivity contribution in [1.82, 2.24) is 9.78 Å². The monoisotopic (exact) mass is 550 g/mol. The first-order valence-corrected chi connectivity index (χ1v) is 11.4. The van der Waals surface area contributed by atoms with Crippen molar-refractivity contribution in [1.29, 1.82) is 0 Å². The summed E-state index contributed by atoms with van der Waals surface area (Å²) in [5.74, 6) is -0.724. The minimum Gasteiger partial charge on any atom is -0.506 e. The van der Waals surface area contributed by atoms with Gasteiger partial charge < -0.3 is 10.2 Å². The van der Waals surface area contributed by atoms with E-state index in [-0.39, 0.29) is 28.0 Å². The highest BCUT2D eigenvalue weighted by Gasteiger charge is 2.20. The van der Waals surface area contributed by atoms with E-state index in [2.05, 4.69) is 37.9 Å². The Morgan fingerprint density at radius 2 is 1.58 bits per heavy atom. The second kappa shape index (κ2) is 7.90. The molecule has 0 unspecified atom stereocenters. The van der Waals surface area contributed by atoms with Crippen LogP contribution in [0.5, 0.6) is 11.6 Å². The first-order valence-electron chi connectivity index (χ1n) is 8.85. The number of azo groups is 1. The molecular formula is C20H15IN4O5S. The van der Waals surface area contributed by atoms with E-state index in [1.54, 1.807) is 37.3 Å². The van der Waals surface area contributed by atoms with Gasteiger partial charge in [-0.15, -0.1) is 10.2 Å². The molecule has 1 aromatic heterocycles. The molecule has 0 saturated carbocycles. The largest absolute Gasteiger partial charge is 0.506 e. The Bertz CT molecular complexity index is 1450. The molecule has 0 radical (unpaired) electrons. The van der Waals surface area contributed by atoms with Crippen molar-refractivity contribution in [2.75, 3.05) is 0 Å². The molecule has 0 spiro atoms. The van der Waals surface area contributed by atoms with Crippen LogP contribution in [0.25, 0.3) is 16.5 Å². The maximum atomic E-state index is 11.7. The van der Waals surface area contributed by atoms with E-state index < -0.39 is 20.8 Å². The van der Waals surface area contributed by atoms with Gasteiger partial charge in [0.15, 0.2) is 5.69 Å². The van der Waals surface area contributed by atoms with E-state index in [0.29, 0.717) is 11.4 Å². The summed E-state index contributed by atoms with van der Waals surface area (Å²) in [6, 6.07) is 14.5. The zero-order chi connectivity index (χ0) is 22.3. The molecule has 158 valence electrons. The summed E-state index contributed by atoms with van der Waals surface area (Å²) in [6.45, 7) is 1.65. The number of phenolic OH excluding ortho intramolecular Hbond substituents is 1. The number of phenols is 1. The van der Waals surface area contributed by atoms with Crippen molar-refractivity contribution in [2.45, 2.75) is 11.8 Å². The predicted octanol–water partition coefficient (Wildman–Crippen LogP) is 5.01. The lowest BCUT2D eigenvalue weighted by Crippen LogP contribution is -1.99. The van der Waals surface area contributed by atoms with Crippen LogP contribution < -0.4 is 0 Å². The molecule has 11 heteroatoms. The van der Waals surface area contributed by atoms with E-state index >= 15 is 0 Å². The average molecular weight is 550 g/mol. The van der Waals surface area contributed by atoms with E-state index in [9.17, 15) is 23.2 Å². The third kappa shape index (κ3) is 3.98. The van der Waals surface area contributed by atoms with Crippen LogP contribution in [0.1, 0.15) is 5.69 Å². The Morgan fingerprint density at radius 1 is 0.968 bits per heavy atom. The molecule has 0 bridgehead atoms. The van der Waals surface area contributed by atoms with Crippen LogP contribution in [0.4, 0.5) is 11.4 Å². The van der Waals surface area contributed by atoms with Crippen LogP contribution in [0.15, 0.2) is 69.7 Å². The highest BCUT2D eigenvalue weighted by Crippen LogP contribution is 2.41. The number of hydrogen-bond acceptors (Lipinski definition) is 7. The Morgan fingerprint density at radius 3 is 2.23 bits per heavy atom. The standard InChI is InChI=1S/C20H15IN4O5S/c1-11-18(20(27)25(24-11)13-8-6-12(21)7-9-13)22-23-19-15-5-3-2-4-14(15)17(10-16(19)26)31(28,29)30/h2-10,26-27H,1H3,(H,28,29,30)/b23-22+. The lowest BCUT2D eigenvalue weighted by Gasteiger charge is -2.08. The number of aromatic nitrogens is 2. The highest BCUT2D eigenvalue weighted by atomic mass is 127. The molecule has 0 atom stereocenters. The van der Waals surface area contributed by atoms with Gasteiger partial charge in [0.25, 0.3) is 10.1 Å². The zero-order valence-electron chi connectivity index (χ0n) is 15.9. The highest BCUT2D eigenvalue weighted by molar-refractivity contribution is 14.1. The number of aryl methyl sites for hydroxylation is 1. The molecule has 0 aliphatic carbocycles. The Hall–Kier alpha value is -3.03. The van der Waals surface area contributed by atoms with Gasteiger partial charge in [-0.05, 0) is 53.8 Å². The Kier molecular flexibility index (Phi) is 5.41. The lowest BCUT2D eigenvalue weighted by molar-refractivity contribution is 0.434. The lowest BCUT2D eigenvalue weighted by atomic mass is 10.1. The molecule has 3 N–H and O–H groups in total. The fraction of sp³-hybridized carbons (Fsp3) is 0.0500. The van der Waals surface area contributed by atoms with Gasteiger partial charge in [-0.2, -0.15) is 18.2 Å². The van der Waals surface area contributed by atoms with Crippen LogP contribution in [-0.2, 0) is 10.1 Å². The number of halogens is 1. The van der Waals surface area contributed by atoms with Gasteiger partial charge in [0, 0.05) is 20.4 Å². The summed E-state index contributed by atoms with van der Waals surface area (Å²) < 4.78 is 35.2. The third-order valence-electron chi connectivity index (χ3n) is 4.56. The van der Waals surface area contributed by atoms with Gasteiger partial charge in [-0.25, -0.2) is 0 Å². The molecule has 3 aromatic carbocycles. The number of rotatable bonds is 4. The maximum absolute atomic E-state index is 11.7. The van der Waals surface area contributed by atoms with Gasteiger partial charge in [-0.1, -0.05) is 24.3 Å². The van der Waals surface area contributed by atoms with E-state index in [1.165, 1.54) is 10.7 Å². The van der Waals surface area contributed by atoms with Crippen molar-refractivity contribution in [3.05, 3.63) is 63.9 Å². The van der Waals surface area contributed by atoms with Crippen molar-refractivity contribution in [2.24, 2.45) is 10.2 Å². The first kappa shape index (κ1) is 21.2. The van der Waals surface area contributed by atoms with Crippen molar-refractivity contribution in [3.63, 3.8) is 0 Å². The molecular weight excluding hydrogens is 535 g/mol. The number of aromatic hydroxyl groups is 2. The normalized spacial score (nSPS) is 12.1.